The van der Waals surface area contributed by atoms with Crippen LogP contribution in [0.4, 0.5) is 0 Å². The van der Waals surface area contributed by atoms with E-state index < -0.39 is 0 Å². The minimum atomic E-state index is -0.0427. The van der Waals surface area contributed by atoms with Crippen molar-refractivity contribution in [2.24, 2.45) is 0 Å². The SMILES string of the molecule is N#CCCN1CCN(C(=O)COc2ccc(Br)cc2Cl)CC1. The van der Waals surface area contributed by atoms with Crippen LogP contribution < -0.4 is 4.74 Å². The molecule has 0 radical (unpaired) electrons. The van der Waals surface area contributed by atoms with Crippen LogP contribution in [0.5, 0.6) is 5.75 Å². The minimum Gasteiger partial charge on any atom is -0.482 e. The van der Waals surface area contributed by atoms with Crippen molar-refractivity contribution in [3.63, 3.8) is 0 Å². The van der Waals surface area contributed by atoms with Gasteiger partial charge in [-0.15, -0.1) is 0 Å². The number of nitriles is 1. The van der Waals surface area contributed by atoms with Gasteiger partial charge in [0, 0.05) is 43.6 Å². The molecule has 1 aromatic rings. The van der Waals surface area contributed by atoms with E-state index in [1.165, 1.54) is 0 Å². The zero-order valence-corrected chi connectivity index (χ0v) is 14.4. The third-order valence-corrected chi connectivity index (χ3v) is 4.30. The van der Waals surface area contributed by atoms with Crippen molar-refractivity contribution in [2.45, 2.75) is 6.42 Å². The summed E-state index contributed by atoms with van der Waals surface area (Å²) in [6.07, 6.45) is 0.527. The van der Waals surface area contributed by atoms with Crippen LogP contribution in [0.1, 0.15) is 6.42 Å². The lowest BCUT2D eigenvalue weighted by Gasteiger charge is -2.34. The molecule has 1 fully saturated rings. The number of carbonyl (C=O) groups excluding carboxylic acids is 1. The third-order valence-electron chi connectivity index (χ3n) is 3.51. The van der Waals surface area contributed by atoms with Crippen molar-refractivity contribution in [2.75, 3.05) is 39.3 Å². The van der Waals surface area contributed by atoms with E-state index in [0.717, 1.165) is 24.1 Å². The Morgan fingerprint density at radius 1 is 1.36 bits per heavy atom. The van der Waals surface area contributed by atoms with Crippen LogP contribution in [0, 0.1) is 11.3 Å². The Labute approximate surface area is 143 Å². The Bertz CT molecular complexity index is 568. The maximum absolute atomic E-state index is 12.1. The molecule has 0 saturated carbocycles. The molecule has 7 heteroatoms. The quantitative estimate of drug-likeness (QED) is 0.780. The lowest BCUT2D eigenvalue weighted by atomic mass is 10.3. The highest BCUT2D eigenvalue weighted by Gasteiger charge is 2.21. The average Bonchev–Trinajstić information content (AvgIpc) is 2.52. The Morgan fingerprint density at radius 3 is 2.73 bits per heavy atom. The second-order valence-corrected chi connectivity index (χ2v) is 6.32. The Morgan fingerprint density at radius 2 is 2.09 bits per heavy atom. The number of nitrogens with zero attached hydrogens (tertiary/aromatic N) is 3. The number of halogens is 2. The molecule has 0 unspecified atom stereocenters. The van der Waals surface area contributed by atoms with Gasteiger partial charge < -0.3 is 9.64 Å². The van der Waals surface area contributed by atoms with Gasteiger partial charge in [-0.05, 0) is 18.2 Å². The maximum atomic E-state index is 12.1. The van der Waals surface area contributed by atoms with E-state index in [0.29, 0.717) is 30.3 Å². The highest BCUT2D eigenvalue weighted by molar-refractivity contribution is 9.10. The number of hydrogen-bond acceptors (Lipinski definition) is 4. The first-order valence-corrected chi connectivity index (χ1v) is 8.22. The largest absolute Gasteiger partial charge is 0.482 e. The summed E-state index contributed by atoms with van der Waals surface area (Å²) in [5.41, 5.74) is 0. The molecule has 22 heavy (non-hydrogen) atoms. The molecule has 0 bridgehead atoms. The number of benzene rings is 1. The van der Waals surface area contributed by atoms with Gasteiger partial charge in [-0.25, -0.2) is 0 Å². The molecule has 1 amide bonds. The van der Waals surface area contributed by atoms with Gasteiger partial charge in [0.15, 0.2) is 6.61 Å². The van der Waals surface area contributed by atoms with Gasteiger partial charge in [-0.2, -0.15) is 5.26 Å². The Kier molecular flexibility index (Phi) is 6.49. The van der Waals surface area contributed by atoms with Crippen molar-refractivity contribution in [3.05, 3.63) is 27.7 Å². The molecule has 0 spiro atoms. The zero-order valence-electron chi connectivity index (χ0n) is 12.1. The third kappa shape index (κ3) is 4.87. The molecule has 0 atom stereocenters. The van der Waals surface area contributed by atoms with Gasteiger partial charge in [-0.3, -0.25) is 9.69 Å². The van der Waals surface area contributed by atoms with E-state index >= 15 is 0 Å². The number of ether oxygens (including phenoxy) is 1. The first kappa shape index (κ1) is 17.1. The normalized spacial score (nSPS) is 15.4. The first-order chi connectivity index (χ1) is 10.6. The predicted molar refractivity (Wildman–Crippen MR) is 87.9 cm³/mol. The molecule has 0 N–H and O–H groups in total. The highest BCUT2D eigenvalue weighted by Crippen LogP contribution is 2.27. The van der Waals surface area contributed by atoms with Crippen LogP contribution >= 0.6 is 27.5 Å². The van der Waals surface area contributed by atoms with Crippen LogP contribution in [-0.2, 0) is 4.79 Å². The van der Waals surface area contributed by atoms with E-state index in [9.17, 15) is 4.79 Å². The fourth-order valence-corrected chi connectivity index (χ4v) is 2.98. The number of amides is 1. The summed E-state index contributed by atoms with van der Waals surface area (Å²) in [6, 6.07) is 7.42. The summed E-state index contributed by atoms with van der Waals surface area (Å²) >= 11 is 9.38. The minimum absolute atomic E-state index is 0.0143. The Hall–Kier alpha value is -1.29. The molecule has 0 aliphatic carbocycles. The molecule has 1 heterocycles. The van der Waals surface area contributed by atoms with Crippen LogP contribution in [0.2, 0.25) is 5.02 Å². The van der Waals surface area contributed by atoms with Crippen molar-refractivity contribution < 1.29 is 9.53 Å². The van der Waals surface area contributed by atoms with Crippen LogP contribution in [-0.4, -0.2) is 55.0 Å². The highest BCUT2D eigenvalue weighted by atomic mass is 79.9. The van der Waals surface area contributed by atoms with E-state index in [4.69, 9.17) is 21.6 Å². The van der Waals surface area contributed by atoms with Gasteiger partial charge >= 0.3 is 0 Å². The maximum Gasteiger partial charge on any atom is 0.260 e. The molecule has 1 aliphatic heterocycles. The molecule has 5 nitrogen and oxygen atoms in total. The summed E-state index contributed by atoms with van der Waals surface area (Å²) in [5.74, 6) is 0.463. The Balaban J connectivity index is 1.78. The molecule has 118 valence electrons. The number of carbonyl (C=O) groups is 1. The van der Waals surface area contributed by atoms with Crippen LogP contribution in [0.15, 0.2) is 22.7 Å². The van der Waals surface area contributed by atoms with Crippen LogP contribution in [0.3, 0.4) is 0 Å². The topological polar surface area (TPSA) is 56.6 Å². The summed E-state index contributed by atoms with van der Waals surface area (Å²) < 4.78 is 6.36. The zero-order chi connectivity index (χ0) is 15.9. The number of rotatable bonds is 5. The smallest absolute Gasteiger partial charge is 0.260 e. The van der Waals surface area contributed by atoms with Crippen molar-refractivity contribution in [1.82, 2.24) is 9.80 Å². The van der Waals surface area contributed by atoms with Crippen molar-refractivity contribution >= 4 is 33.4 Å². The second-order valence-electron chi connectivity index (χ2n) is 4.99. The fourth-order valence-electron chi connectivity index (χ4n) is 2.25. The average molecular weight is 387 g/mol. The van der Waals surface area contributed by atoms with E-state index in [1.807, 2.05) is 6.07 Å². The van der Waals surface area contributed by atoms with Crippen LogP contribution in [0.25, 0.3) is 0 Å². The van der Waals surface area contributed by atoms with Crippen molar-refractivity contribution in [1.29, 1.82) is 5.26 Å². The van der Waals surface area contributed by atoms with E-state index in [1.54, 1.807) is 17.0 Å². The molecule has 2 rings (SSSR count). The number of piperazine rings is 1. The molecule has 1 aliphatic rings. The molecular formula is C15H17BrClN3O2. The molecule has 1 saturated heterocycles. The van der Waals surface area contributed by atoms with Gasteiger partial charge in [-0.1, -0.05) is 27.5 Å². The van der Waals surface area contributed by atoms with Gasteiger partial charge in [0.05, 0.1) is 11.1 Å². The lowest BCUT2D eigenvalue weighted by molar-refractivity contribution is -0.135. The monoisotopic (exact) mass is 385 g/mol. The van der Waals surface area contributed by atoms with E-state index in [2.05, 4.69) is 26.9 Å². The second kappa shape index (κ2) is 8.37. The van der Waals surface area contributed by atoms with Gasteiger partial charge in [0.25, 0.3) is 5.91 Å². The first-order valence-electron chi connectivity index (χ1n) is 7.05. The standard InChI is InChI=1S/C15H17BrClN3O2/c16-12-2-3-14(13(17)10-12)22-11-15(21)20-8-6-19(7-9-20)5-1-4-18/h2-3,10H,1,5-9,11H2. The summed E-state index contributed by atoms with van der Waals surface area (Å²) in [6.45, 7) is 3.69. The lowest BCUT2D eigenvalue weighted by Crippen LogP contribution is -2.50. The van der Waals surface area contributed by atoms with Gasteiger partial charge in [0.1, 0.15) is 5.75 Å². The molecular weight excluding hydrogens is 370 g/mol. The fraction of sp³-hybridized carbons (Fsp3) is 0.467. The molecule has 1 aromatic carbocycles. The predicted octanol–water partition coefficient (Wildman–Crippen LogP) is 2.54. The summed E-state index contributed by atoms with van der Waals surface area (Å²) in [5, 5.41) is 9.06. The summed E-state index contributed by atoms with van der Waals surface area (Å²) in [4.78, 5) is 16.1. The number of hydrogen-bond donors (Lipinski definition) is 0. The van der Waals surface area contributed by atoms with E-state index in [-0.39, 0.29) is 12.5 Å². The van der Waals surface area contributed by atoms with Gasteiger partial charge in [0.2, 0.25) is 0 Å². The molecule has 0 aromatic heterocycles. The van der Waals surface area contributed by atoms with Crippen molar-refractivity contribution in [3.8, 4) is 11.8 Å². The summed E-state index contributed by atoms with van der Waals surface area (Å²) in [7, 11) is 0.